The van der Waals surface area contributed by atoms with Crippen molar-refractivity contribution in [2.45, 2.75) is 33.1 Å². The summed E-state index contributed by atoms with van der Waals surface area (Å²) in [5.74, 6) is 0.647. The second-order valence-electron chi connectivity index (χ2n) is 4.70. The first-order valence-electron chi connectivity index (χ1n) is 6.44. The zero-order valence-electron chi connectivity index (χ0n) is 11.7. The summed E-state index contributed by atoms with van der Waals surface area (Å²) in [4.78, 5) is 14.0. The first kappa shape index (κ1) is 14.7. The lowest BCUT2D eigenvalue weighted by Crippen LogP contribution is -2.26. The Labute approximate surface area is 109 Å². The van der Waals surface area contributed by atoms with Gasteiger partial charge in [-0.25, -0.2) is 0 Å². The third kappa shape index (κ3) is 4.14. The summed E-state index contributed by atoms with van der Waals surface area (Å²) >= 11 is 0. The predicted molar refractivity (Wildman–Crippen MR) is 70.7 cm³/mol. The van der Waals surface area contributed by atoms with E-state index >= 15 is 0 Å². The minimum atomic E-state index is -0.138. The van der Waals surface area contributed by atoms with Crippen LogP contribution in [0.15, 0.2) is 4.52 Å². The number of rotatable bonds is 7. The number of hydrogen-bond acceptors (Lipinski definition) is 4. The molecule has 5 nitrogen and oxygen atoms in total. The van der Waals surface area contributed by atoms with Crippen LogP contribution in [0, 0.1) is 6.92 Å². The second kappa shape index (κ2) is 7.16. The minimum absolute atomic E-state index is 0.138. The van der Waals surface area contributed by atoms with Crippen molar-refractivity contribution in [2.75, 3.05) is 27.2 Å². The van der Waals surface area contributed by atoms with Crippen LogP contribution in [0.3, 0.4) is 0 Å². The van der Waals surface area contributed by atoms with Gasteiger partial charge in [-0.15, -0.1) is 0 Å². The fourth-order valence-corrected chi connectivity index (χ4v) is 1.75. The highest BCUT2D eigenvalue weighted by Crippen LogP contribution is 2.12. The number of aromatic nitrogens is 1. The number of unbranched alkanes of at least 4 members (excludes halogenated alkanes) is 1. The van der Waals surface area contributed by atoms with E-state index in [-0.39, 0.29) is 5.91 Å². The van der Waals surface area contributed by atoms with E-state index in [9.17, 15) is 4.79 Å². The topological polar surface area (TPSA) is 58.4 Å². The molecular weight excluding hydrogens is 230 g/mol. The number of carbonyl (C=O) groups is 1. The summed E-state index contributed by atoms with van der Waals surface area (Å²) in [5, 5.41) is 6.69. The van der Waals surface area contributed by atoms with E-state index in [1.165, 1.54) is 0 Å². The van der Waals surface area contributed by atoms with Gasteiger partial charge in [0, 0.05) is 18.5 Å². The molecule has 0 fully saturated rings. The maximum absolute atomic E-state index is 11.8. The predicted octanol–water partition coefficient (Wildman–Crippen LogP) is 1.62. The standard InChI is InChI=1S/C13H23N3O2/c1-5-11-10(2)12(15-18-11)13(17)14-8-6-7-9-16(3)4/h5-9H2,1-4H3,(H,14,17). The smallest absolute Gasteiger partial charge is 0.273 e. The van der Waals surface area contributed by atoms with Crippen LogP contribution < -0.4 is 5.32 Å². The molecule has 0 aliphatic rings. The lowest BCUT2D eigenvalue weighted by Gasteiger charge is -2.09. The lowest BCUT2D eigenvalue weighted by atomic mass is 10.2. The van der Waals surface area contributed by atoms with E-state index in [1.54, 1.807) is 0 Å². The molecule has 1 heterocycles. The fourth-order valence-electron chi connectivity index (χ4n) is 1.75. The fraction of sp³-hybridized carbons (Fsp3) is 0.692. The molecular formula is C13H23N3O2. The molecule has 1 aromatic heterocycles. The molecule has 1 N–H and O–H groups in total. The Kier molecular flexibility index (Phi) is 5.85. The highest BCUT2D eigenvalue weighted by atomic mass is 16.5. The van der Waals surface area contributed by atoms with Gasteiger partial charge in [-0.1, -0.05) is 12.1 Å². The van der Waals surface area contributed by atoms with Gasteiger partial charge in [-0.3, -0.25) is 4.79 Å². The van der Waals surface area contributed by atoms with E-state index < -0.39 is 0 Å². The Morgan fingerprint density at radius 1 is 1.39 bits per heavy atom. The maximum atomic E-state index is 11.8. The molecule has 5 heteroatoms. The van der Waals surface area contributed by atoms with Crippen LogP contribution in [0.25, 0.3) is 0 Å². The van der Waals surface area contributed by atoms with Crippen molar-refractivity contribution in [1.82, 2.24) is 15.4 Å². The Bertz CT molecular complexity index is 386. The Morgan fingerprint density at radius 2 is 2.11 bits per heavy atom. The maximum Gasteiger partial charge on any atom is 0.273 e. The van der Waals surface area contributed by atoms with Gasteiger partial charge in [0.25, 0.3) is 5.91 Å². The summed E-state index contributed by atoms with van der Waals surface area (Å²) in [6.07, 6.45) is 2.81. The monoisotopic (exact) mass is 253 g/mol. The number of nitrogens with zero attached hydrogens (tertiary/aromatic N) is 2. The molecule has 1 amide bonds. The van der Waals surface area contributed by atoms with Crippen LogP contribution in [0.4, 0.5) is 0 Å². The first-order chi connectivity index (χ1) is 8.56. The highest BCUT2D eigenvalue weighted by Gasteiger charge is 2.16. The van der Waals surface area contributed by atoms with Crippen LogP contribution in [0.1, 0.15) is 41.6 Å². The van der Waals surface area contributed by atoms with Gasteiger partial charge >= 0.3 is 0 Å². The summed E-state index contributed by atoms with van der Waals surface area (Å²) in [5.41, 5.74) is 1.27. The van der Waals surface area contributed by atoms with E-state index in [4.69, 9.17) is 4.52 Å². The van der Waals surface area contributed by atoms with Crippen molar-refractivity contribution in [3.05, 3.63) is 17.0 Å². The van der Waals surface area contributed by atoms with Crippen molar-refractivity contribution in [1.29, 1.82) is 0 Å². The van der Waals surface area contributed by atoms with Gasteiger partial charge in [0.15, 0.2) is 5.69 Å². The largest absolute Gasteiger partial charge is 0.360 e. The number of amides is 1. The average Bonchev–Trinajstić information content (AvgIpc) is 2.69. The average molecular weight is 253 g/mol. The highest BCUT2D eigenvalue weighted by molar-refractivity contribution is 5.93. The Balaban J connectivity index is 2.34. The van der Waals surface area contributed by atoms with Gasteiger partial charge in [0.2, 0.25) is 0 Å². The molecule has 18 heavy (non-hydrogen) atoms. The summed E-state index contributed by atoms with van der Waals surface area (Å²) in [6.45, 7) is 5.58. The Morgan fingerprint density at radius 3 is 2.67 bits per heavy atom. The van der Waals surface area contributed by atoms with Crippen molar-refractivity contribution in [3.63, 3.8) is 0 Å². The van der Waals surface area contributed by atoms with Gasteiger partial charge in [-0.05, 0) is 40.4 Å². The van der Waals surface area contributed by atoms with E-state index in [0.29, 0.717) is 12.2 Å². The molecule has 1 aromatic rings. The molecule has 0 aliphatic heterocycles. The molecule has 0 unspecified atom stereocenters. The third-order valence-corrected chi connectivity index (χ3v) is 2.87. The third-order valence-electron chi connectivity index (χ3n) is 2.87. The molecule has 1 rings (SSSR count). The lowest BCUT2D eigenvalue weighted by molar-refractivity contribution is 0.0943. The van der Waals surface area contributed by atoms with E-state index in [2.05, 4.69) is 15.4 Å². The van der Waals surface area contributed by atoms with Gasteiger partial charge in [-0.2, -0.15) is 0 Å². The van der Waals surface area contributed by atoms with Crippen LogP contribution in [-0.4, -0.2) is 43.1 Å². The molecule has 0 aliphatic carbocycles. The van der Waals surface area contributed by atoms with E-state index in [1.807, 2.05) is 27.9 Å². The van der Waals surface area contributed by atoms with Crippen molar-refractivity contribution in [2.24, 2.45) is 0 Å². The quantitative estimate of drug-likeness (QED) is 0.750. The number of hydrogen-bond donors (Lipinski definition) is 1. The summed E-state index contributed by atoms with van der Waals surface area (Å²) in [7, 11) is 4.09. The second-order valence-corrected chi connectivity index (χ2v) is 4.70. The molecule has 0 spiro atoms. The van der Waals surface area contributed by atoms with Gasteiger partial charge < -0.3 is 14.7 Å². The van der Waals surface area contributed by atoms with Crippen LogP contribution in [-0.2, 0) is 6.42 Å². The van der Waals surface area contributed by atoms with Gasteiger partial charge in [0.1, 0.15) is 5.76 Å². The SMILES string of the molecule is CCc1onc(C(=O)NCCCCN(C)C)c1C. The minimum Gasteiger partial charge on any atom is -0.360 e. The number of nitrogens with one attached hydrogen (secondary N) is 1. The molecule has 0 saturated heterocycles. The number of carbonyl (C=O) groups excluding carboxylic acids is 1. The molecule has 0 bridgehead atoms. The summed E-state index contributed by atoms with van der Waals surface area (Å²) < 4.78 is 5.11. The Hall–Kier alpha value is -1.36. The van der Waals surface area contributed by atoms with Crippen molar-refractivity contribution >= 4 is 5.91 Å². The zero-order chi connectivity index (χ0) is 13.5. The molecule has 0 atom stereocenters. The van der Waals surface area contributed by atoms with Crippen molar-refractivity contribution < 1.29 is 9.32 Å². The summed E-state index contributed by atoms with van der Waals surface area (Å²) in [6, 6.07) is 0. The molecule has 0 saturated carbocycles. The van der Waals surface area contributed by atoms with Crippen LogP contribution in [0.5, 0.6) is 0 Å². The first-order valence-corrected chi connectivity index (χ1v) is 6.44. The van der Waals surface area contributed by atoms with Crippen LogP contribution in [0.2, 0.25) is 0 Å². The van der Waals surface area contributed by atoms with Gasteiger partial charge in [0.05, 0.1) is 0 Å². The molecule has 0 radical (unpaired) electrons. The van der Waals surface area contributed by atoms with Crippen LogP contribution >= 0.6 is 0 Å². The molecule has 0 aromatic carbocycles. The van der Waals surface area contributed by atoms with Crippen molar-refractivity contribution in [3.8, 4) is 0 Å². The molecule has 102 valence electrons. The number of aryl methyl sites for hydroxylation is 1. The zero-order valence-corrected chi connectivity index (χ0v) is 11.7. The normalized spacial score (nSPS) is 10.9. The van der Waals surface area contributed by atoms with E-state index in [0.717, 1.165) is 37.1 Å².